The van der Waals surface area contributed by atoms with Gasteiger partial charge in [-0.25, -0.2) is 4.98 Å². The number of Topliss-reactive ketones (excluding diaryl/α,β-unsaturated/α-hetero) is 1. The topological polar surface area (TPSA) is 116 Å². The second kappa shape index (κ2) is 15.9. The van der Waals surface area contributed by atoms with Gasteiger partial charge in [0.05, 0.1) is 36.4 Å². The molecule has 216 valence electrons. The third-order valence-electron chi connectivity index (χ3n) is 7.77. The zero-order valence-corrected chi connectivity index (χ0v) is 24.5. The van der Waals surface area contributed by atoms with E-state index in [-0.39, 0.29) is 36.9 Å². The van der Waals surface area contributed by atoms with Gasteiger partial charge in [-0.2, -0.15) is 5.26 Å². The number of benzene rings is 1. The van der Waals surface area contributed by atoms with E-state index in [0.29, 0.717) is 25.1 Å². The van der Waals surface area contributed by atoms with E-state index in [4.69, 9.17) is 15.1 Å². The predicted molar refractivity (Wildman–Crippen MR) is 159 cm³/mol. The number of pyridine rings is 1. The molecular weight excluding hydrogens is 504 g/mol. The van der Waals surface area contributed by atoms with Crippen molar-refractivity contribution in [3.05, 3.63) is 59.8 Å². The maximum Gasteiger partial charge on any atom is 0.146 e. The molecule has 1 aromatic heterocycles. The van der Waals surface area contributed by atoms with Gasteiger partial charge >= 0.3 is 0 Å². The van der Waals surface area contributed by atoms with E-state index in [9.17, 15) is 9.59 Å². The van der Waals surface area contributed by atoms with Crippen molar-refractivity contribution in [2.75, 3.05) is 32.6 Å². The molecule has 1 aliphatic carbocycles. The average molecular weight is 549 g/mol. The first-order valence-electron chi connectivity index (χ1n) is 13.9. The molecule has 2 atom stereocenters. The number of aldehydes is 1. The van der Waals surface area contributed by atoms with Gasteiger partial charge in [0.1, 0.15) is 23.6 Å². The maximum atomic E-state index is 13.6. The lowest BCUT2D eigenvalue weighted by molar-refractivity contribution is -0.131. The largest absolute Gasteiger partial charge is 0.489 e. The van der Waals surface area contributed by atoms with Crippen LogP contribution in [0.15, 0.2) is 43.1 Å². The van der Waals surface area contributed by atoms with Gasteiger partial charge in [0.15, 0.2) is 0 Å². The fraction of sp³-hybridized carbons (Fsp3) is 0.500. The summed E-state index contributed by atoms with van der Waals surface area (Å²) >= 11 is 0. The molecule has 3 rings (SSSR count). The Kier molecular flexibility index (Phi) is 13.0. The van der Waals surface area contributed by atoms with E-state index in [1.165, 1.54) is 0 Å². The standard InChI is InChI=1S/C26H32N2O3.C6H12N2O/c1-5-20-16-22(17-28-25(20)27-4)31-21-10-13-26(14-11-21,24(30)19(3)12-15-29)23-9-7-6-8-18(23)2;1-6(5-7)8(2)3-4-9/h5-9,15-17,19,21H,1,10-14H2,2-4H3,(H,27,28);6,9H,3-4H2,1-2H3. The van der Waals surface area contributed by atoms with Crippen molar-refractivity contribution in [1.82, 2.24) is 9.88 Å². The number of likely N-dealkylation sites (N-methyl/N-ethyl adjacent to an activating group) is 1. The highest BCUT2D eigenvalue weighted by atomic mass is 16.5. The van der Waals surface area contributed by atoms with Crippen molar-refractivity contribution in [3.63, 3.8) is 0 Å². The zero-order valence-electron chi connectivity index (χ0n) is 24.5. The number of hydrogen-bond donors (Lipinski definition) is 2. The molecular formula is C32H44N4O4. The third-order valence-corrected chi connectivity index (χ3v) is 7.77. The van der Waals surface area contributed by atoms with Crippen molar-refractivity contribution in [1.29, 1.82) is 5.26 Å². The summed E-state index contributed by atoms with van der Waals surface area (Å²) in [6.07, 6.45) is 7.56. The van der Waals surface area contributed by atoms with Crippen LogP contribution in [0, 0.1) is 24.2 Å². The molecule has 2 aromatic rings. The van der Waals surface area contributed by atoms with Gasteiger partial charge in [-0.1, -0.05) is 43.8 Å². The molecule has 1 saturated carbocycles. The number of nitrogens with zero attached hydrogens (tertiary/aromatic N) is 3. The fourth-order valence-corrected chi connectivity index (χ4v) is 5.22. The highest BCUT2D eigenvalue weighted by Crippen LogP contribution is 2.44. The number of carbonyl (C=O) groups excluding carboxylic acids is 2. The summed E-state index contributed by atoms with van der Waals surface area (Å²) in [5.74, 6) is 1.35. The summed E-state index contributed by atoms with van der Waals surface area (Å²) in [6, 6.07) is 12.0. The molecule has 2 unspecified atom stereocenters. The molecule has 1 aliphatic rings. The number of rotatable bonds is 12. The predicted octanol–water partition coefficient (Wildman–Crippen LogP) is 4.95. The first-order valence-corrected chi connectivity index (χ1v) is 13.9. The van der Waals surface area contributed by atoms with E-state index in [2.05, 4.69) is 42.0 Å². The van der Waals surface area contributed by atoms with Gasteiger partial charge in [-0.15, -0.1) is 0 Å². The highest BCUT2D eigenvalue weighted by Gasteiger charge is 2.45. The van der Waals surface area contributed by atoms with Crippen LogP contribution in [-0.2, 0) is 15.0 Å². The van der Waals surface area contributed by atoms with E-state index < -0.39 is 5.41 Å². The number of aliphatic hydroxyl groups excluding tert-OH is 1. The minimum Gasteiger partial charge on any atom is -0.489 e. The van der Waals surface area contributed by atoms with Crippen LogP contribution in [0.1, 0.15) is 62.6 Å². The Morgan fingerprint density at radius 3 is 2.58 bits per heavy atom. The Balaban J connectivity index is 0.000000536. The molecule has 0 saturated heterocycles. The van der Waals surface area contributed by atoms with E-state index >= 15 is 0 Å². The molecule has 40 heavy (non-hydrogen) atoms. The normalized spacial score (nSPS) is 19.8. The molecule has 2 N–H and O–H groups in total. The molecule has 1 fully saturated rings. The first-order chi connectivity index (χ1) is 19.2. The summed E-state index contributed by atoms with van der Waals surface area (Å²) in [7, 11) is 3.63. The zero-order chi connectivity index (χ0) is 29.7. The fourth-order valence-electron chi connectivity index (χ4n) is 5.22. The molecule has 1 heterocycles. The number of ether oxygens (including phenoxy) is 1. The van der Waals surface area contributed by atoms with Crippen LogP contribution in [0.2, 0.25) is 0 Å². The number of aromatic nitrogens is 1. The molecule has 0 bridgehead atoms. The quantitative estimate of drug-likeness (QED) is 0.358. The van der Waals surface area contributed by atoms with Gasteiger partial charge < -0.3 is 20.0 Å². The van der Waals surface area contributed by atoms with E-state index in [0.717, 1.165) is 41.6 Å². The van der Waals surface area contributed by atoms with Crippen LogP contribution in [0.4, 0.5) is 5.82 Å². The summed E-state index contributed by atoms with van der Waals surface area (Å²) in [5, 5.41) is 19.8. The number of ketones is 1. The number of aryl methyl sites for hydroxylation is 1. The Morgan fingerprint density at radius 1 is 1.35 bits per heavy atom. The molecule has 0 spiro atoms. The van der Waals surface area contributed by atoms with Gasteiger partial charge in [0, 0.05) is 31.5 Å². The van der Waals surface area contributed by atoms with Crippen molar-refractivity contribution >= 4 is 24.0 Å². The average Bonchev–Trinajstić information content (AvgIpc) is 2.97. The van der Waals surface area contributed by atoms with Gasteiger partial charge in [0.25, 0.3) is 0 Å². The molecule has 8 nitrogen and oxygen atoms in total. The Bertz CT molecular complexity index is 1170. The SMILES string of the molecule is C=Cc1cc(OC2CCC(C(=O)C(C)CC=O)(c3ccccc3C)CC2)cnc1NC.CC(C#N)N(C)CCO. The van der Waals surface area contributed by atoms with Crippen LogP contribution in [0.5, 0.6) is 5.75 Å². The monoisotopic (exact) mass is 548 g/mol. The Labute approximate surface area is 239 Å². The smallest absolute Gasteiger partial charge is 0.146 e. The van der Waals surface area contributed by atoms with Crippen LogP contribution in [-0.4, -0.2) is 66.5 Å². The first kappa shape index (κ1) is 32.7. The molecule has 0 radical (unpaired) electrons. The van der Waals surface area contributed by atoms with Crippen molar-refractivity contribution in [2.45, 2.75) is 70.4 Å². The second-order valence-electron chi connectivity index (χ2n) is 10.5. The number of carbonyl (C=O) groups is 2. The van der Waals surface area contributed by atoms with Gasteiger partial charge in [0.2, 0.25) is 0 Å². The maximum absolute atomic E-state index is 13.6. The summed E-state index contributed by atoms with van der Waals surface area (Å²) in [6.45, 7) is 10.2. The third kappa shape index (κ3) is 8.23. The van der Waals surface area contributed by atoms with Crippen LogP contribution < -0.4 is 10.1 Å². The van der Waals surface area contributed by atoms with Crippen LogP contribution in [0.25, 0.3) is 6.08 Å². The number of nitrogens with one attached hydrogen (secondary N) is 1. The molecule has 0 amide bonds. The van der Waals surface area contributed by atoms with Crippen LogP contribution in [0.3, 0.4) is 0 Å². The highest BCUT2D eigenvalue weighted by molar-refractivity contribution is 5.93. The second-order valence-corrected chi connectivity index (χ2v) is 10.5. The molecule has 1 aromatic carbocycles. The number of anilines is 1. The molecule has 0 aliphatic heterocycles. The minimum absolute atomic E-state index is 0.0196. The Morgan fingerprint density at radius 2 is 2.02 bits per heavy atom. The van der Waals surface area contributed by atoms with E-state index in [1.54, 1.807) is 24.1 Å². The number of hydrogen-bond acceptors (Lipinski definition) is 8. The lowest BCUT2D eigenvalue weighted by Gasteiger charge is -2.41. The van der Waals surface area contributed by atoms with Gasteiger partial charge in [-0.3, -0.25) is 9.69 Å². The summed E-state index contributed by atoms with van der Waals surface area (Å²) in [4.78, 5) is 30.8. The lowest BCUT2D eigenvalue weighted by atomic mass is 9.62. The van der Waals surface area contributed by atoms with Crippen molar-refractivity contribution < 1.29 is 19.4 Å². The van der Waals surface area contributed by atoms with Crippen LogP contribution >= 0.6 is 0 Å². The van der Waals surface area contributed by atoms with E-state index in [1.807, 2.05) is 39.2 Å². The lowest BCUT2D eigenvalue weighted by Crippen LogP contribution is -2.45. The van der Waals surface area contributed by atoms with Gasteiger partial charge in [-0.05, 0) is 63.8 Å². The van der Waals surface area contributed by atoms with Crippen molar-refractivity contribution in [2.24, 2.45) is 5.92 Å². The summed E-state index contributed by atoms with van der Waals surface area (Å²) < 4.78 is 6.24. The van der Waals surface area contributed by atoms with Crippen molar-refractivity contribution in [3.8, 4) is 11.8 Å². The Hall–Kier alpha value is -3.54. The summed E-state index contributed by atoms with van der Waals surface area (Å²) in [5.41, 5.74) is 2.54. The minimum atomic E-state index is -0.561. The molecule has 8 heteroatoms. The number of nitriles is 1. The number of aliphatic hydroxyl groups is 1.